The standard InChI is InChI=1S/C18H20O.C2H6/c1-17(2)11-12-18(14-17,15-8-4-3-5-9-15)16-10-6-7-13-19-16;1-2/h3-13,16H,14H2,1-2H3;1-2H3. The zero-order chi connectivity index (χ0) is 15.3. The first-order valence-corrected chi connectivity index (χ1v) is 7.87. The molecule has 0 saturated heterocycles. The SMILES string of the molecule is CC.CC1(C)C=CC(c2ccccc2)(C2C=CC=CO2)C1. The molecule has 21 heavy (non-hydrogen) atoms. The van der Waals surface area contributed by atoms with E-state index in [1.54, 1.807) is 6.26 Å². The molecule has 0 aromatic heterocycles. The van der Waals surface area contributed by atoms with Gasteiger partial charge in [-0.15, -0.1) is 0 Å². The zero-order valence-corrected chi connectivity index (χ0v) is 13.5. The third-order valence-electron chi connectivity index (χ3n) is 4.10. The van der Waals surface area contributed by atoms with E-state index in [-0.39, 0.29) is 16.9 Å². The number of ether oxygens (including phenoxy) is 1. The number of hydrogen-bond acceptors (Lipinski definition) is 1. The van der Waals surface area contributed by atoms with Crippen LogP contribution in [0.3, 0.4) is 0 Å². The van der Waals surface area contributed by atoms with E-state index in [1.807, 2.05) is 19.9 Å². The Labute approximate surface area is 129 Å². The number of rotatable bonds is 2. The molecule has 0 bridgehead atoms. The Bertz CT molecular complexity index is 536. The van der Waals surface area contributed by atoms with Crippen LogP contribution in [0.15, 0.2) is 67.0 Å². The van der Waals surface area contributed by atoms with Crippen molar-refractivity contribution in [3.63, 3.8) is 0 Å². The molecule has 0 fully saturated rings. The Kier molecular flexibility index (Phi) is 4.72. The molecule has 2 aliphatic rings. The second-order valence-corrected chi connectivity index (χ2v) is 6.18. The van der Waals surface area contributed by atoms with Crippen molar-refractivity contribution in [2.24, 2.45) is 5.41 Å². The van der Waals surface area contributed by atoms with Gasteiger partial charge in [0.25, 0.3) is 0 Å². The lowest BCUT2D eigenvalue weighted by Gasteiger charge is -2.37. The fraction of sp³-hybridized carbons (Fsp3) is 0.400. The average Bonchev–Trinajstić information content (AvgIpc) is 2.88. The van der Waals surface area contributed by atoms with Gasteiger partial charge in [0.15, 0.2) is 0 Å². The summed E-state index contributed by atoms with van der Waals surface area (Å²) in [6, 6.07) is 10.7. The van der Waals surface area contributed by atoms with Gasteiger partial charge in [0, 0.05) is 0 Å². The van der Waals surface area contributed by atoms with Crippen LogP contribution < -0.4 is 0 Å². The Balaban J connectivity index is 0.000000774. The second kappa shape index (κ2) is 6.34. The molecule has 0 saturated carbocycles. The Morgan fingerprint density at radius 3 is 2.24 bits per heavy atom. The first-order chi connectivity index (χ1) is 10.1. The highest BCUT2D eigenvalue weighted by Crippen LogP contribution is 2.48. The molecule has 1 aliphatic carbocycles. The summed E-state index contributed by atoms with van der Waals surface area (Å²) in [6.45, 7) is 8.58. The van der Waals surface area contributed by atoms with Crippen LogP contribution in [0.5, 0.6) is 0 Å². The molecule has 112 valence electrons. The minimum absolute atomic E-state index is 0.0496. The summed E-state index contributed by atoms with van der Waals surface area (Å²) in [5, 5.41) is 0. The van der Waals surface area contributed by atoms with E-state index < -0.39 is 0 Å². The highest BCUT2D eigenvalue weighted by Gasteiger charge is 2.46. The predicted molar refractivity (Wildman–Crippen MR) is 90.2 cm³/mol. The Hall–Kier alpha value is -1.76. The van der Waals surface area contributed by atoms with Crippen molar-refractivity contribution in [3.8, 4) is 0 Å². The molecule has 0 radical (unpaired) electrons. The Morgan fingerprint density at radius 2 is 1.71 bits per heavy atom. The highest BCUT2D eigenvalue weighted by molar-refractivity contribution is 5.40. The maximum Gasteiger partial charge on any atom is 0.129 e. The normalized spacial score (nSPS) is 28.7. The maximum atomic E-state index is 5.89. The van der Waals surface area contributed by atoms with Gasteiger partial charge in [-0.25, -0.2) is 0 Å². The summed E-state index contributed by atoms with van der Waals surface area (Å²) in [5.41, 5.74) is 1.50. The van der Waals surface area contributed by atoms with Crippen molar-refractivity contribution >= 4 is 0 Å². The molecule has 3 rings (SSSR count). The van der Waals surface area contributed by atoms with Crippen molar-refractivity contribution in [1.82, 2.24) is 0 Å². The van der Waals surface area contributed by atoms with Gasteiger partial charge in [0.1, 0.15) is 6.10 Å². The number of hydrogen-bond donors (Lipinski definition) is 0. The van der Waals surface area contributed by atoms with Crippen molar-refractivity contribution in [2.75, 3.05) is 0 Å². The summed E-state index contributed by atoms with van der Waals surface area (Å²) < 4.78 is 5.89. The maximum absolute atomic E-state index is 5.89. The smallest absolute Gasteiger partial charge is 0.129 e. The molecule has 0 N–H and O–H groups in total. The third-order valence-corrected chi connectivity index (χ3v) is 4.10. The summed E-state index contributed by atoms with van der Waals surface area (Å²) in [6.07, 6.45) is 13.8. The van der Waals surface area contributed by atoms with Crippen molar-refractivity contribution < 1.29 is 4.74 Å². The van der Waals surface area contributed by atoms with Crippen LogP contribution in [0.25, 0.3) is 0 Å². The van der Waals surface area contributed by atoms with E-state index >= 15 is 0 Å². The van der Waals surface area contributed by atoms with Crippen LogP contribution >= 0.6 is 0 Å². The third kappa shape index (κ3) is 3.12. The molecule has 0 spiro atoms. The van der Waals surface area contributed by atoms with Crippen molar-refractivity contribution in [2.45, 2.75) is 45.6 Å². The van der Waals surface area contributed by atoms with E-state index in [0.717, 1.165) is 6.42 Å². The summed E-state index contributed by atoms with van der Waals surface area (Å²) in [7, 11) is 0. The van der Waals surface area contributed by atoms with E-state index in [4.69, 9.17) is 4.74 Å². The van der Waals surface area contributed by atoms with Crippen LogP contribution in [0.1, 0.15) is 39.7 Å². The average molecular weight is 282 g/mol. The first kappa shape index (κ1) is 15.6. The van der Waals surface area contributed by atoms with E-state index in [1.165, 1.54) is 5.56 Å². The van der Waals surface area contributed by atoms with Gasteiger partial charge >= 0.3 is 0 Å². The molecule has 0 amide bonds. The van der Waals surface area contributed by atoms with Gasteiger partial charge in [0.05, 0.1) is 11.7 Å². The van der Waals surface area contributed by atoms with Gasteiger partial charge in [-0.05, 0) is 29.6 Å². The van der Waals surface area contributed by atoms with Gasteiger partial charge in [0.2, 0.25) is 0 Å². The molecule has 2 unspecified atom stereocenters. The second-order valence-electron chi connectivity index (χ2n) is 6.18. The molecular formula is C20H26O. The van der Waals surface area contributed by atoms with Gasteiger partial charge < -0.3 is 4.74 Å². The van der Waals surface area contributed by atoms with Crippen LogP contribution in [0.4, 0.5) is 0 Å². The topological polar surface area (TPSA) is 9.23 Å². The molecular weight excluding hydrogens is 256 g/mol. The quantitative estimate of drug-likeness (QED) is 0.659. The van der Waals surface area contributed by atoms with Crippen LogP contribution in [-0.2, 0) is 10.2 Å². The molecule has 1 aromatic carbocycles. The lowest BCUT2D eigenvalue weighted by atomic mass is 9.71. The van der Waals surface area contributed by atoms with E-state index in [0.29, 0.717) is 0 Å². The summed E-state index contributed by atoms with van der Waals surface area (Å²) in [4.78, 5) is 0. The van der Waals surface area contributed by atoms with Gasteiger partial charge in [-0.2, -0.15) is 0 Å². The van der Waals surface area contributed by atoms with E-state index in [9.17, 15) is 0 Å². The minimum Gasteiger partial charge on any atom is -0.493 e. The lowest BCUT2D eigenvalue weighted by molar-refractivity contribution is 0.109. The summed E-state index contributed by atoms with van der Waals surface area (Å²) in [5.74, 6) is 0. The molecule has 2 atom stereocenters. The van der Waals surface area contributed by atoms with E-state index in [2.05, 4.69) is 68.5 Å². The van der Waals surface area contributed by atoms with Crippen LogP contribution in [0, 0.1) is 5.41 Å². The molecule has 1 heteroatoms. The fourth-order valence-corrected chi connectivity index (χ4v) is 3.23. The molecule has 1 nitrogen and oxygen atoms in total. The fourth-order valence-electron chi connectivity index (χ4n) is 3.23. The predicted octanol–water partition coefficient (Wildman–Crippen LogP) is 5.41. The first-order valence-electron chi connectivity index (χ1n) is 7.87. The molecule has 1 aromatic rings. The monoisotopic (exact) mass is 282 g/mol. The Morgan fingerprint density at radius 1 is 1.00 bits per heavy atom. The van der Waals surface area contributed by atoms with Crippen molar-refractivity contribution in [3.05, 3.63) is 72.5 Å². The van der Waals surface area contributed by atoms with Crippen LogP contribution in [-0.4, -0.2) is 6.10 Å². The minimum atomic E-state index is -0.0496. The van der Waals surface area contributed by atoms with Crippen LogP contribution in [0.2, 0.25) is 0 Å². The highest BCUT2D eigenvalue weighted by atomic mass is 16.5. The van der Waals surface area contributed by atoms with Crippen molar-refractivity contribution in [1.29, 1.82) is 0 Å². The van der Waals surface area contributed by atoms with Gasteiger partial charge in [-0.1, -0.05) is 76.3 Å². The molecule has 1 heterocycles. The largest absolute Gasteiger partial charge is 0.493 e. The molecule has 1 aliphatic heterocycles. The summed E-state index contributed by atoms with van der Waals surface area (Å²) >= 11 is 0. The van der Waals surface area contributed by atoms with Gasteiger partial charge in [-0.3, -0.25) is 0 Å². The number of allylic oxidation sites excluding steroid dienone is 3. The zero-order valence-electron chi connectivity index (χ0n) is 13.5. The lowest BCUT2D eigenvalue weighted by Crippen LogP contribution is -2.38. The number of benzene rings is 1.